The van der Waals surface area contributed by atoms with Gasteiger partial charge < -0.3 is 9.73 Å². The summed E-state index contributed by atoms with van der Waals surface area (Å²) in [5.74, 6) is 1.14. The number of para-hydroxylation sites is 1. The van der Waals surface area contributed by atoms with Crippen LogP contribution in [0.3, 0.4) is 0 Å². The second kappa shape index (κ2) is 10.7. The number of nitrogens with one attached hydrogen (secondary N) is 1. The summed E-state index contributed by atoms with van der Waals surface area (Å²) >= 11 is 2.59. The third kappa shape index (κ3) is 6.38. The molecule has 2 aromatic carbocycles. The average molecular weight is 425 g/mol. The van der Waals surface area contributed by atoms with Gasteiger partial charge in [-0.15, -0.1) is 22.0 Å². The molecule has 0 aliphatic heterocycles. The highest BCUT2D eigenvalue weighted by Crippen LogP contribution is 2.27. The van der Waals surface area contributed by atoms with Crippen molar-refractivity contribution in [3.8, 4) is 6.07 Å². The van der Waals surface area contributed by atoms with E-state index >= 15 is 0 Å². The molecule has 0 fully saturated rings. The van der Waals surface area contributed by atoms with E-state index in [1.54, 1.807) is 0 Å². The Morgan fingerprint density at radius 1 is 1.14 bits per heavy atom. The van der Waals surface area contributed by atoms with Crippen LogP contribution in [0.5, 0.6) is 0 Å². The van der Waals surface area contributed by atoms with Gasteiger partial charge in [0.2, 0.25) is 11.8 Å². The van der Waals surface area contributed by atoms with Gasteiger partial charge in [0.25, 0.3) is 5.22 Å². The first kappa shape index (κ1) is 21.0. The van der Waals surface area contributed by atoms with E-state index in [0.29, 0.717) is 29.0 Å². The van der Waals surface area contributed by atoms with E-state index < -0.39 is 0 Å². The Balaban J connectivity index is 1.51. The summed E-state index contributed by atoms with van der Waals surface area (Å²) in [6.45, 7) is 2.11. The van der Waals surface area contributed by atoms with Crippen molar-refractivity contribution in [2.75, 3.05) is 16.8 Å². The van der Waals surface area contributed by atoms with Gasteiger partial charge in [-0.25, -0.2) is 0 Å². The van der Waals surface area contributed by atoms with Crippen molar-refractivity contribution in [2.45, 2.75) is 29.4 Å². The minimum Gasteiger partial charge on any atom is -0.416 e. The Bertz CT molecular complexity index is 986. The zero-order valence-corrected chi connectivity index (χ0v) is 17.5. The Labute approximate surface area is 178 Å². The van der Waals surface area contributed by atoms with E-state index in [0.717, 1.165) is 4.90 Å². The number of amides is 1. The largest absolute Gasteiger partial charge is 0.416 e. The number of carbonyl (C=O) groups excluding carboxylic acids is 1. The Hall–Kier alpha value is -2.76. The maximum Gasteiger partial charge on any atom is 0.277 e. The number of nitriles is 1. The summed E-state index contributed by atoms with van der Waals surface area (Å²) in [6.07, 6.45) is 0.646. The monoisotopic (exact) mass is 424 g/mol. The summed E-state index contributed by atoms with van der Waals surface area (Å²) in [4.78, 5) is 13.1. The Morgan fingerprint density at radius 3 is 2.69 bits per heavy atom. The van der Waals surface area contributed by atoms with Crippen molar-refractivity contribution in [1.29, 1.82) is 5.26 Å². The first-order chi connectivity index (χ1) is 14.2. The van der Waals surface area contributed by atoms with Crippen LogP contribution < -0.4 is 5.32 Å². The lowest BCUT2D eigenvalue weighted by molar-refractivity contribution is -0.113. The minimum absolute atomic E-state index is 0.160. The quantitative estimate of drug-likeness (QED) is 0.495. The molecule has 1 amide bonds. The van der Waals surface area contributed by atoms with Gasteiger partial charge in [0.15, 0.2) is 0 Å². The van der Waals surface area contributed by atoms with Gasteiger partial charge >= 0.3 is 0 Å². The molecule has 0 spiro atoms. The number of hydrogen-bond donors (Lipinski definition) is 1. The summed E-state index contributed by atoms with van der Waals surface area (Å²) in [7, 11) is 0. The van der Waals surface area contributed by atoms with Gasteiger partial charge in [0, 0.05) is 11.3 Å². The third-order valence-electron chi connectivity index (χ3n) is 4.08. The molecule has 1 aromatic heterocycles. The highest BCUT2D eigenvalue weighted by atomic mass is 32.2. The van der Waals surface area contributed by atoms with Crippen LogP contribution in [0.2, 0.25) is 0 Å². The highest BCUT2D eigenvalue weighted by Gasteiger charge is 2.14. The van der Waals surface area contributed by atoms with Crippen molar-refractivity contribution in [1.82, 2.24) is 10.2 Å². The fourth-order valence-corrected chi connectivity index (χ4v) is 3.91. The lowest BCUT2D eigenvalue weighted by atomic mass is 9.98. The fraction of sp³-hybridized carbons (Fsp3) is 0.238. The molecule has 0 saturated carbocycles. The van der Waals surface area contributed by atoms with Crippen molar-refractivity contribution in [3.05, 3.63) is 66.1 Å². The molecule has 0 radical (unpaired) electrons. The molecule has 6 nitrogen and oxygen atoms in total. The smallest absolute Gasteiger partial charge is 0.277 e. The number of anilines is 1. The van der Waals surface area contributed by atoms with Crippen LogP contribution in [0.4, 0.5) is 5.69 Å². The number of aromatic nitrogens is 2. The molecule has 0 aliphatic rings. The molecule has 3 aromatic rings. The van der Waals surface area contributed by atoms with Crippen LogP contribution in [0, 0.1) is 11.3 Å². The first-order valence-electron chi connectivity index (χ1n) is 9.04. The van der Waals surface area contributed by atoms with Crippen molar-refractivity contribution in [3.63, 3.8) is 0 Å². The van der Waals surface area contributed by atoms with Crippen LogP contribution in [-0.4, -0.2) is 27.6 Å². The molecular formula is C21H20N4O2S2. The lowest BCUT2D eigenvalue weighted by Crippen LogP contribution is -2.14. The standard InChI is InChI=1S/C21H20N4O2S2/c1-15(16-7-3-2-4-8-16)13-20-24-25-21(27-20)29-14-19(26)23-17-9-5-6-10-18(17)28-12-11-22/h2-10,15H,12-14H2,1H3,(H,23,26). The average Bonchev–Trinajstić information content (AvgIpc) is 3.19. The van der Waals surface area contributed by atoms with Crippen LogP contribution >= 0.6 is 23.5 Å². The number of benzene rings is 2. The van der Waals surface area contributed by atoms with Crippen LogP contribution in [0.1, 0.15) is 24.3 Å². The molecule has 1 heterocycles. The number of carbonyl (C=O) groups is 1. The third-order valence-corrected chi connectivity index (χ3v) is 5.84. The summed E-state index contributed by atoms with van der Waals surface area (Å²) < 4.78 is 5.67. The Kier molecular flexibility index (Phi) is 7.73. The SMILES string of the molecule is CC(Cc1nnc(SCC(=O)Nc2ccccc2SCC#N)o1)c1ccccc1. The van der Waals surface area contributed by atoms with E-state index in [9.17, 15) is 4.79 Å². The molecule has 0 saturated heterocycles. The van der Waals surface area contributed by atoms with E-state index in [2.05, 4.69) is 40.6 Å². The lowest BCUT2D eigenvalue weighted by Gasteiger charge is -2.09. The molecule has 1 atom stereocenters. The van der Waals surface area contributed by atoms with Crippen molar-refractivity contribution >= 4 is 35.1 Å². The van der Waals surface area contributed by atoms with Crippen LogP contribution in [0.15, 0.2) is 69.1 Å². The van der Waals surface area contributed by atoms with Gasteiger partial charge in [-0.05, 0) is 23.6 Å². The van der Waals surface area contributed by atoms with Gasteiger partial charge in [-0.3, -0.25) is 4.79 Å². The zero-order valence-electron chi connectivity index (χ0n) is 15.9. The Morgan fingerprint density at radius 2 is 1.90 bits per heavy atom. The summed E-state index contributed by atoms with van der Waals surface area (Å²) in [6, 6.07) is 19.7. The maximum atomic E-state index is 12.3. The highest BCUT2D eigenvalue weighted by molar-refractivity contribution is 8.00. The number of nitrogens with zero attached hydrogens (tertiary/aromatic N) is 3. The van der Waals surface area contributed by atoms with Gasteiger partial charge in [0.1, 0.15) is 0 Å². The summed E-state index contributed by atoms with van der Waals surface area (Å²) in [5.41, 5.74) is 1.91. The number of thioether (sulfide) groups is 2. The molecule has 29 heavy (non-hydrogen) atoms. The van der Waals surface area contributed by atoms with Crippen molar-refractivity contribution < 1.29 is 9.21 Å². The second-order valence-corrected chi connectivity index (χ2v) is 8.20. The molecule has 0 bridgehead atoms. The zero-order chi connectivity index (χ0) is 20.5. The van der Waals surface area contributed by atoms with E-state index in [1.807, 2.05) is 42.5 Å². The van der Waals surface area contributed by atoms with E-state index in [1.165, 1.54) is 29.1 Å². The first-order valence-corrected chi connectivity index (χ1v) is 11.0. The molecule has 0 aliphatic carbocycles. The summed E-state index contributed by atoms with van der Waals surface area (Å²) in [5, 5.41) is 20.1. The van der Waals surface area contributed by atoms with E-state index in [4.69, 9.17) is 9.68 Å². The topological polar surface area (TPSA) is 91.8 Å². The number of hydrogen-bond acceptors (Lipinski definition) is 7. The molecule has 148 valence electrons. The molecule has 1 unspecified atom stereocenters. The normalized spacial score (nSPS) is 11.6. The van der Waals surface area contributed by atoms with Gasteiger partial charge in [-0.2, -0.15) is 5.26 Å². The maximum absolute atomic E-state index is 12.3. The predicted octanol–water partition coefficient (Wildman–Crippen LogP) is 4.76. The van der Waals surface area contributed by atoms with Crippen molar-refractivity contribution in [2.24, 2.45) is 0 Å². The molecular weight excluding hydrogens is 404 g/mol. The molecule has 3 rings (SSSR count). The van der Waals surface area contributed by atoms with Crippen LogP contribution in [-0.2, 0) is 11.2 Å². The van der Waals surface area contributed by atoms with Crippen LogP contribution in [0.25, 0.3) is 0 Å². The number of rotatable bonds is 9. The minimum atomic E-state index is -0.169. The molecule has 8 heteroatoms. The van der Waals surface area contributed by atoms with Gasteiger partial charge in [-0.1, -0.05) is 61.2 Å². The predicted molar refractivity (Wildman–Crippen MR) is 115 cm³/mol. The van der Waals surface area contributed by atoms with Gasteiger partial charge in [0.05, 0.1) is 23.3 Å². The molecule has 1 N–H and O–H groups in total. The fourth-order valence-electron chi connectivity index (χ4n) is 2.66. The van der Waals surface area contributed by atoms with E-state index in [-0.39, 0.29) is 17.6 Å². The second-order valence-electron chi connectivity index (χ2n) is 6.26.